The summed E-state index contributed by atoms with van der Waals surface area (Å²) in [5.74, 6) is 1.14. The number of aryl methyl sites for hydroxylation is 1. The topological polar surface area (TPSA) is 73.0 Å². The average Bonchev–Trinajstić information content (AvgIpc) is 3.30. The van der Waals surface area contributed by atoms with Gasteiger partial charge in [0.1, 0.15) is 5.76 Å². The van der Waals surface area contributed by atoms with E-state index in [1.807, 2.05) is 36.5 Å². The molecule has 1 atom stereocenters. The van der Waals surface area contributed by atoms with Gasteiger partial charge < -0.3 is 9.84 Å². The molecule has 0 unspecified atom stereocenters. The fourth-order valence-corrected chi connectivity index (χ4v) is 3.66. The van der Waals surface area contributed by atoms with Crippen LogP contribution in [-0.4, -0.2) is 20.8 Å². The van der Waals surface area contributed by atoms with Gasteiger partial charge >= 0.3 is 0 Å². The molecule has 1 aliphatic carbocycles. The Balaban J connectivity index is 1.55. The maximum Gasteiger partial charge on any atom is 0.278 e. The van der Waals surface area contributed by atoms with Crippen molar-refractivity contribution < 1.29 is 9.32 Å². The molecule has 0 spiro atoms. The lowest BCUT2D eigenvalue weighted by Gasteiger charge is -2.33. The molecule has 2 heterocycles. The summed E-state index contributed by atoms with van der Waals surface area (Å²) in [6.07, 6.45) is 6.32. The predicted molar refractivity (Wildman–Crippen MR) is 103 cm³/mol. The smallest absolute Gasteiger partial charge is 0.278 e. The molecule has 6 nitrogen and oxygen atoms in total. The normalized spacial score (nSPS) is 16.8. The molecule has 0 bridgehead atoms. The Hall–Kier alpha value is -2.89. The van der Waals surface area contributed by atoms with Crippen molar-refractivity contribution in [2.75, 3.05) is 5.32 Å². The van der Waals surface area contributed by atoms with Crippen LogP contribution in [0.25, 0.3) is 5.69 Å². The zero-order valence-corrected chi connectivity index (χ0v) is 15.9. The molecule has 6 heteroatoms. The monoisotopic (exact) mass is 364 g/mol. The molecule has 0 fully saturated rings. The highest BCUT2D eigenvalue weighted by atomic mass is 16.5. The number of carbonyl (C=O) groups excluding carboxylic acids is 1. The van der Waals surface area contributed by atoms with Crippen molar-refractivity contribution in [3.63, 3.8) is 0 Å². The minimum Gasteiger partial charge on any atom is -0.360 e. The second-order valence-electron chi connectivity index (χ2n) is 8.19. The van der Waals surface area contributed by atoms with Crippen molar-refractivity contribution in [2.45, 2.75) is 40.0 Å². The molecular formula is C21H24N4O2. The third-order valence-corrected chi connectivity index (χ3v) is 5.35. The Morgan fingerprint density at radius 3 is 2.89 bits per heavy atom. The lowest BCUT2D eigenvalue weighted by Crippen LogP contribution is -2.27. The van der Waals surface area contributed by atoms with Crippen LogP contribution in [0, 0.1) is 11.3 Å². The maximum atomic E-state index is 12.8. The van der Waals surface area contributed by atoms with Gasteiger partial charge in [-0.05, 0) is 48.4 Å². The number of benzene rings is 1. The molecule has 1 amide bonds. The summed E-state index contributed by atoms with van der Waals surface area (Å²) in [5, 5.41) is 11.2. The highest BCUT2D eigenvalue weighted by Gasteiger charge is 2.34. The molecule has 2 aromatic heterocycles. The maximum absolute atomic E-state index is 12.8. The van der Waals surface area contributed by atoms with Gasteiger partial charge in [0.15, 0.2) is 5.69 Å². The van der Waals surface area contributed by atoms with E-state index < -0.39 is 0 Å². The lowest BCUT2D eigenvalue weighted by atomic mass is 9.71. The fourth-order valence-electron chi connectivity index (χ4n) is 3.66. The Morgan fingerprint density at radius 1 is 1.30 bits per heavy atom. The fraction of sp³-hybridized carbons (Fsp3) is 0.381. The second kappa shape index (κ2) is 6.68. The van der Waals surface area contributed by atoms with Crippen molar-refractivity contribution in [1.82, 2.24) is 14.9 Å². The predicted octanol–water partition coefficient (Wildman–Crippen LogP) is 4.26. The summed E-state index contributed by atoms with van der Waals surface area (Å²) in [7, 11) is 0. The van der Waals surface area contributed by atoms with Gasteiger partial charge in [-0.3, -0.25) is 4.79 Å². The summed E-state index contributed by atoms with van der Waals surface area (Å²) < 4.78 is 7.22. The Labute approximate surface area is 158 Å². The summed E-state index contributed by atoms with van der Waals surface area (Å²) in [6, 6.07) is 9.43. The lowest BCUT2D eigenvalue weighted by molar-refractivity contribution is 0.101. The molecule has 0 radical (unpaired) electrons. The van der Waals surface area contributed by atoms with Gasteiger partial charge in [0.25, 0.3) is 5.91 Å². The first-order chi connectivity index (χ1) is 12.9. The molecule has 140 valence electrons. The van der Waals surface area contributed by atoms with E-state index in [2.05, 4.69) is 36.3 Å². The molecule has 27 heavy (non-hydrogen) atoms. The number of nitrogens with one attached hydrogen (secondary N) is 1. The van der Waals surface area contributed by atoms with Crippen LogP contribution in [0.5, 0.6) is 0 Å². The van der Waals surface area contributed by atoms with E-state index >= 15 is 0 Å². The number of hydrogen-bond acceptors (Lipinski definition) is 4. The standard InChI is InChI=1S/C21H24N4O2/c1-21(2,3)14-8-9-18-17(12-14)19(24-27-18)20(26)23-15-6-4-7-16(13-15)25-11-5-10-22-25/h4-7,10-11,13-14H,8-9,12H2,1-3H3,(H,23,26)/t14-/m0/s1. The highest BCUT2D eigenvalue weighted by molar-refractivity contribution is 6.04. The van der Waals surface area contributed by atoms with Gasteiger partial charge in [0, 0.05) is 30.1 Å². The Kier molecular flexibility index (Phi) is 4.34. The first-order valence-corrected chi connectivity index (χ1v) is 9.30. The van der Waals surface area contributed by atoms with Gasteiger partial charge in [-0.25, -0.2) is 4.68 Å². The van der Waals surface area contributed by atoms with Crippen LogP contribution >= 0.6 is 0 Å². The summed E-state index contributed by atoms with van der Waals surface area (Å²) in [6.45, 7) is 6.74. The third-order valence-electron chi connectivity index (χ3n) is 5.35. The second-order valence-corrected chi connectivity index (χ2v) is 8.19. The van der Waals surface area contributed by atoms with Crippen LogP contribution in [0.4, 0.5) is 5.69 Å². The quantitative estimate of drug-likeness (QED) is 0.753. The van der Waals surface area contributed by atoms with E-state index in [1.54, 1.807) is 10.9 Å². The zero-order valence-electron chi connectivity index (χ0n) is 15.9. The van der Waals surface area contributed by atoms with Crippen molar-refractivity contribution in [3.8, 4) is 5.69 Å². The molecule has 1 N–H and O–H groups in total. The van der Waals surface area contributed by atoms with Crippen molar-refractivity contribution in [2.24, 2.45) is 11.3 Å². The summed E-state index contributed by atoms with van der Waals surface area (Å²) >= 11 is 0. The minimum absolute atomic E-state index is 0.195. The van der Waals surface area contributed by atoms with Crippen molar-refractivity contribution in [3.05, 3.63) is 59.7 Å². The van der Waals surface area contributed by atoms with Crippen LogP contribution in [0.1, 0.15) is 49.0 Å². The van der Waals surface area contributed by atoms with E-state index in [4.69, 9.17) is 4.52 Å². The van der Waals surface area contributed by atoms with Crippen LogP contribution in [0.3, 0.4) is 0 Å². The van der Waals surface area contributed by atoms with Gasteiger partial charge in [-0.1, -0.05) is 32.0 Å². The van der Waals surface area contributed by atoms with Crippen LogP contribution in [0.15, 0.2) is 47.2 Å². The molecule has 3 aromatic rings. The van der Waals surface area contributed by atoms with E-state index in [0.29, 0.717) is 17.3 Å². The molecule has 1 aromatic carbocycles. The molecule has 4 rings (SSSR count). The summed E-state index contributed by atoms with van der Waals surface area (Å²) in [4.78, 5) is 12.8. The number of aromatic nitrogens is 3. The van der Waals surface area contributed by atoms with E-state index in [9.17, 15) is 4.79 Å². The number of carbonyl (C=O) groups is 1. The zero-order chi connectivity index (χ0) is 19.0. The number of hydrogen-bond donors (Lipinski definition) is 1. The molecule has 0 saturated heterocycles. The van der Waals surface area contributed by atoms with E-state index in [-0.39, 0.29) is 11.3 Å². The molecule has 0 aliphatic heterocycles. The Morgan fingerprint density at radius 2 is 2.15 bits per heavy atom. The number of amides is 1. The van der Waals surface area contributed by atoms with Gasteiger partial charge in [-0.15, -0.1) is 0 Å². The first-order valence-electron chi connectivity index (χ1n) is 9.30. The van der Waals surface area contributed by atoms with Crippen LogP contribution in [-0.2, 0) is 12.8 Å². The van der Waals surface area contributed by atoms with Crippen LogP contribution < -0.4 is 5.32 Å². The van der Waals surface area contributed by atoms with E-state index in [0.717, 1.165) is 36.3 Å². The molecule has 0 saturated carbocycles. The van der Waals surface area contributed by atoms with Gasteiger partial charge in [-0.2, -0.15) is 5.10 Å². The van der Waals surface area contributed by atoms with Gasteiger partial charge in [0.05, 0.1) is 5.69 Å². The molecule has 1 aliphatic rings. The molecular weight excluding hydrogens is 340 g/mol. The SMILES string of the molecule is CC(C)(C)[C@H]1CCc2onc(C(=O)Nc3cccc(-n4cccn4)c3)c2C1. The van der Waals surface area contributed by atoms with Gasteiger partial charge in [0.2, 0.25) is 0 Å². The third kappa shape index (κ3) is 3.52. The highest BCUT2D eigenvalue weighted by Crippen LogP contribution is 2.38. The Bertz CT molecular complexity index is 951. The summed E-state index contributed by atoms with van der Waals surface area (Å²) in [5.41, 5.74) is 3.15. The first kappa shape index (κ1) is 17.5. The number of nitrogens with zero attached hydrogens (tertiary/aromatic N) is 3. The number of anilines is 1. The minimum atomic E-state index is -0.229. The number of fused-ring (bicyclic) bond motifs is 1. The average molecular weight is 364 g/mol. The van der Waals surface area contributed by atoms with Crippen molar-refractivity contribution in [1.29, 1.82) is 0 Å². The largest absolute Gasteiger partial charge is 0.360 e. The van der Waals surface area contributed by atoms with E-state index in [1.165, 1.54) is 0 Å². The van der Waals surface area contributed by atoms with Crippen molar-refractivity contribution >= 4 is 11.6 Å². The van der Waals surface area contributed by atoms with Crippen LogP contribution in [0.2, 0.25) is 0 Å². The number of rotatable bonds is 3.